The van der Waals surface area contributed by atoms with Gasteiger partial charge in [0.1, 0.15) is 0 Å². The van der Waals surface area contributed by atoms with Crippen molar-refractivity contribution >= 4 is 23.2 Å². The van der Waals surface area contributed by atoms with E-state index < -0.39 is 11.7 Å². The van der Waals surface area contributed by atoms with Crippen LogP contribution in [-0.4, -0.2) is 24.0 Å². The Balaban J connectivity index is 2.44. The van der Waals surface area contributed by atoms with Crippen LogP contribution in [0.2, 0.25) is 0 Å². The predicted molar refractivity (Wildman–Crippen MR) is 72.5 cm³/mol. The van der Waals surface area contributed by atoms with Crippen molar-refractivity contribution in [1.29, 1.82) is 0 Å². The topological polar surface area (TPSA) is 54.5 Å². The molecule has 1 amide bonds. The number of carbonyl (C=O) groups excluding carboxylic acids is 3. The number of fused-ring (bicyclic) bond motifs is 1. The number of rotatable bonds is 4. The van der Waals surface area contributed by atoms with E-state index in [0.717, 1.165) is 17.5 Å². The van der Waals surface area contributed by atoms with Crippen molar-refractivity contribution < 1.29 is 14.4 Å². The van der Waals surface area contributed by atoms with E-state index >= 15 is 0 Å². The van der Waals surface area contributed by atoms with Crippen LogP contribution >= 0.6 is 0 Å². The van der Waals surface area contributed by atoms with Gasteiger partial charge in [0.05, 0.1) is 17.8 Å². The number of carbonyl (C=O) groups is 3. The maximum Gasteiger partial charge on any atom is 0.299 e. The summed E-state index contributed by atoms with van der Waals surface area (Å²) in [5.41, 5.74) is 2.70. The Bertz CT molecular complexity index is 575. The van der Waals surface area contributed by atoms with Crippen LogP contribution in [0, 0.1) is 13.8 Å². The first-order valence-corrected chi connectivity index (χ1v) is 6.45. The van der Waals surface area contributed by atoms with Crippen LogP contribution in [0.3, 0.4) is 0 Å². The van der Waals surface area contributed by atoms with Gasteiger partial charge in [0.2, 0.25) is 0 Å². The lowest BCUT2D eigenvalue weighted by atomic mass is 10.0. The molecular formula is C15H17NO3. The van der Waals surface area contributed by atoms with E-state index in [1.165, 1.54) is 4.90 Å². The van der Waals surface area contributed by atoms with Gasteiger partial charge in [-0.2, -0.15) is 0 Å². The van der Waals surface area contributed by atoms with Crippen molar-refractivity contribution in [2.45, 2.75) is 33.6 Å². The normalized spacial score (nSPS) is 13.9. The molecule has 4 heteroatoms. The number of anilines is 1. The van der Waals surface area contributed by atoms with Crippen LogP contribution in [0.15, 0.2) is 12.1 Å². The minimum absolute atomic E-state index is 0.00426. The summed E-state index contributed by atoms with van der Waals surface area (Å²) in [5.74, 6) is -1.10. The number of benzene rings is 1. The van der Waals surface area contributed by atoms with Gasteiger partial charge in [-0.25, -0.2) is 0 Å². The molecule has 0 fully saturated rings. The van der Waals surface area contributed by atoms with Gasteiger partial charge in [0.25, 0.3) is 11.7 Å². The maximum absolute atomic E-state index is 12.0. The molecule has 0 atom stereocenters. The first-order chi connectivity index (χ1) is 8.97. The fourth-order valence-electron chi connectivity index (χ4n) is 2.45. The molecule has 0 radical (unpaired) electrons. The number of hydrogen-bond donors (Lipinski definition) is 0. The highest BCUT2D eigenvalue weighted by Crippen LogP contribution is 2.34. The number of nitrogens with zero attached hydrogens (tertiary/aromatic N) is 1. The fraction of sp³-hybridized carbons (Fsp3) is 0.400. The Kier molecular flexibility index (Phi) is 3.51. The molecule has 1 aromatic rings. The molecule has 1 heterocycles. The molecule has 0 unspecified atom stereocenters. The molecule has 0 N–H and O–H groups in total. The van der Waals surface area contributed by atoms with E-state index in [9.17, 15) is 14.4 Å². The quantitative estimate of drug-likeness (QED) is 0.779. The molecule has 1 aromatic carbocycles. The summed E-state index contributed by atoms with van der Waals surface area (Å²) < 4.78 is 0. The Labute approximate surface area is 112 Å². The lowest BCUT2D eigenvalue weighted by Gasteiger charge is -2.17. The third-order valence-corrected chi connectivity index (χ3v) is 3.39. The van der Waals surface area contributed by atoms with Crippen LogP contribution in [0.4, 0.5) is 5.69 Å². The fourth-order valence-corrected chi connectivity index (χ4v) is 2.45. The predicted octanol–water partition coefficient (Wildman–Crippen LogP) is 2.20. The second kappa shape index (κ2) is 4.96. The van der Waals surface area contributed by atoms with Gasteiger partial charge in [-0.15, -0.1) is 0 Å². The van der Waals surface area contributed by atoms with E-state index in [4.69, 9.17) is 0 Å². The third kappa shape index (κ3) is 2.18. The van der Waals surface area contributed by atoms with E-state index in [-0.39, 0.29) is 12.3 Å². The van der Waals surface area contributed by atoms with Crippen molar-refractivity contribution in [2.75, 3.05) is 11.4 Å². The van der Waals surface area contributed by atoms with Crippen molar-refractivity contribution in [3.05, 3.63) is 28.8 Å². The summed E-state index contributed by atoms with van der Waals surface area (Å²) in [5, 5.41) is 0. The van der Waals surface area contributed by atoms with Gasteiger partial charge in [-0.1, -0.05) is 19.1 Å². The Morgan fingerprint density at radius 2 is 1.79 bits per heavy atom. The summed E-state index contributed by atoms with van der Waals surface area (Å²) in [6.07, 6.45) is 1.17. The first kappa shape index (κ1) is 13.5. The Morgan fingerprint density at radius 3 is 2.42 bits per heavy atom. The number of Topliss-reactive ketones (excluding diaryl/α,β-unsaturated/α-hetero) is 2. The van der Waals surface area contributed by atoms with Crippen LogP contribution in [0.25, 0.3) is 0 Å². The highest BCUT2D eigenvalue weighted by Gasteiger charge is 2.38. The van der Waals surface area contributed by atoms with Gasteiger partial charge in [-0.05, 0) is 31.4 Å². The average molecular weight is 259 g/mol. The monoisotopic (exact) mass is 259 g/mol. The molecule has 0 aromatic heterocycles. The molecule has 100 valence electrons. The molecule has 0 bridgehead atoms. The second-order valence-corrected chi connectivity index (χ2v) is 4.93. The zero-order valence-electron chi connectivity index (χ0n) is 11.4. The van der Waals surface area contributed by atoms with Crippen LogP contribution in [-0.2, 0) is 9.59 Å². The van der Waals surface area contributed by atoms with Gasteiger partial charge in [0, 0.05) is 6.42 Å². The molecule has 1 aliphatic heterocycles. The number of amides is 1. The van der Waals surface area contributed by atoms with Crippen molar-refractivity contribution in [3.63, 3.8) is 0 Å². The van der Waals surface area contributed by atoms with Crippen LogP contribution < -0.4 is 4.90 Å². The molecule has 19 heavy (non-hydrogen) atoms. The highest BCUT2D eigenvalue weighted by molar-refractivity contribution is 6.53. The van der Waals surface area contributed by atoms with E-state index in [1.807, 2.05) is 26.0 Å². The minimum Gasteiger partial charge on any atom is -0.298 e. The summed E-state index contributed by atoms with van der Waals surface area (Å²) in [6, 6.07) is 3.70. The molecular weight excluding hydrogens is 242 g/mol. The number of hydrogen-bond acceptors (Lipinski definition) is 3. The van der Waals surface area contributed by atoms with E-state index in [0.29, 0.717) is 17.7 Å². The van der Waals surface area contributed by atoms with E-state index in [2.05, 4.69) is 0 Å². The summed E-state index contributed by atoms with van der Waals surface area (Å²) in [4.78, 5) is 37.1. The van der Waals surface area contributed by atoms with E-state index in [1.54, 1.807) is 6.92 Å². The summed E-state index contributed by atoms with van der Waals surface area (Å²) in [7, 11) is 0. The standard InChI is InChI=1S/C15H17NO3/c1-4-5-11(17)8-16-13-10(3)7-6-9(2)12(13)14(18)15(16)19/h6-7H,4-5,8H2,1-3H3. The lowest BCUT2D eigenvalue weighted by Crippen LogP contribution is -2.34. The molecule has 0 saturated heterocycles. The largest absolute Gasteiger partial charge is 0.299 e. The molecule has 0 saturated carbocycles. The van der Waals surface area contributed by atoms with Gasteiger partial charge >= 0.3 is 0 Å². The SMILES string of the molecule is CCCC(=O)CN1C(=O)C(=O)c2c(C)ccc(C)c21. The molecule has 0 spiro atoms. The third-order valence-electron chi connectivity index (χ3n) is 3.39. The number of ketones is 2. The van der Waals surface area contributed by atoms with Crippen molar-refractivity contribution in [2.24, 2.45) is 0 Å². The zero-order valence-corrected chi connectivity index (χ0v) is 11.4. The molecule has 1 aliphatic rings. The van der Waals surface area contributed by atoms with Gasteiger partial charge in [0.15, 0.2) is 5.78 Å². The molecule has 4 nitrogen and oxygen atoms in total. The second-order valence-electron chi connectivity index (χ2n) is 4.93. The molecule has 2 rings (SSSR count). The highest BCUT2D eigenvalue weighted by atomic mass is 16.2. The Morgan fingerprint density at radius 1 is 1.16 bits per heavy atom. The average Bonchev–Trinajstić information content (AvgIpc) is 2.60. The minimum atomic E-state index is -0.586. The van der Waals surface area contributed by atoms with Gasteiger partial charge in [-0.3, -0.25) is 19.3 Å². The number of aryl methyl sites for hydroxylation is 2. The zero-order chi connectivity index (χ0) is 14.2. The molecule has 0 aliphatic carbocycles. The van der Waals surface area contributed by atoms with Crippen LogP contribution in [0.1, 0.15) is 41.3 Å². The lowest BCUT2D eigenvalue weighted by molar-refractivity contribution is -0.120. The summed E-state index contributed by atoms with van der Waals surface area (Å²) in [6.45, 7) is 5.57. The van der Waals surface area contributed by atoms with Gasteiger partial charge < -0.3 is 0 Å². The smallest absolute Gasteiger partial charge is 0.298 e. The first-order valence-electron chi connectivity index (χ1n) is 6.45. The summed E-state index contributed by atoms with van der Waals surface area (Å²) >= 11 is 0. The maximum atomic E-state index is 12.0. The van der Waals surface area contributed by atoms with Crippen LogP contribution in [0.5, 0.6) is 0 Å². The van der Waals surface area contributed by atoms with Crippen molar-refractivity contribution in [3.8, 4) is 0 Å². The Hall–Kier alpha value is -1.97. The van der Waals surface area contributed by atoms with Crippen molar-refractivity contribution in [1.82, 2.24) is 0 Å².